The Labute approximate surface area is 178 Å². The summed E-state index contributed by atoms with van der Waals surface area (Å²) in [5.74, 6) is 0.141. The first-order valence-corrected chi connectivity index (χ1v) is 10.7. The van der Waals surface area contributed by atoms with E-state index in [1.165, 1.54) is 5.56 Å². The number of unbranched alkanes of at least 4 members (excludes halogenated alkanes) is 1. The number of hydrogen-bond acceptors (Lipinski definition) is 4. The van der Waals surface area contributed by atoms with Crippen molar-refractivity contribution < 1.29 is 24.5 Å². The van der Waals surface area contributed by atoms with Crippen LogP contribution in [0.2, 0.25) is 0 Å². The molecule has 0 bridgehead atoms. The van der Waals surface area contributed by atoms with Crippen molar-refractivity contribution in [1.82, 2.24) is 0 Å². The highest BCUT2D eigenvalue weighted by atomic mass is 35.5. The van der Waals surface area contributed by atoms with E-state index in [2.05, 4.69) is 6.08 Å². The van der Waals surface area contributed by atoms with Crippen molar-refractivity contribution >= 4 is 17.6 Å². The van der Waals surface area contributed by atoms with Crippen LogP contribution in [0.15, 0.2) is 24.3 Å². The highest BCUT2D eigenvalue weighted by Crippen LogP contribution is 2.39. The number of ether oxygens (including phenoxy) is 2. The summed E-state index contributed by atoms with van der Waals surface area (Å²) >= 11 is 6.50. The van der Waals surface area contributed by atoms with E-state index in [0.717, 1.165) is 29.7 Å². The van der Waals surface area contributed by atoms with Gasteiger partial charge in [-0.2, -0.15) is 0 Å². The number of hydrogen-bond donors (Lipinski definition) is 2. The molecule has 29 heavy (non-hydrogen) atoms. The third-order valence-corrected chi connectivity index (χ3v) is 6.21. The zero-order valence-electron chi connectivity index (χ0n) is 17.6. The maximum Gasteiger partial charge on any atom is 0.303 e. The number of aryl methyl sites for hydroxylation is 2. The summed E-state index contributed by atoms with van der Waals surface area (Å²) in [4.78, 5) is 10.6. The second-order valence-electron chi connectivity index (χ2n) is 7.92. The molecule has 1 fully saturated rings. The fraction of sp³-hybridized carbons (Fsp3) is 0.609. The van der Waals surface area contributed by atoms with Gasteiger partial charge in [-0.1, -0.05) is 12.2 Å². The summed E-state index contributed by atoms with van der Waals surface area (Å²) in [6.07, 6.45) is 6.48. The van der Waals surface area contributed by atoms with Crippen LogP contribution >= 0.6 is 11.6 Å². The van der Waals surface area contributed by atoms with Crippen molar-refractivity contribution in [3.05, 3.63) is 41.0 Å². The van der Waals surface area contributed by atoms with Gasteiger partial charge in [0.1, 0.15) is 5.75 Å². The summed E-state index contributed by atoms with van der Waals surface area (Å²) in [5, 5.41) is 19.1. The van der Waals surface area contributed by atoms with E-state index in [0.29, 0.717) is 26.1 Å². The quantitative estimate of drug-likeness (QED) is 0.307. The van der Waals surface area contributed by atoms with Gasteiger partial charge < -0.3 is 19.7 Å². The van der Waals surface area contributed by atoms with Gasteiger partial charge in [0.05, 0.1) is 19.3 Å². The second kappa shape index (κ2) is 11.6. The van der Waals surface area contributed by atoms with Crippen molar-refractivity contribution in [2.75, 3.05) is 13.7 Å². The molecule has 0 aromatic heterocycles. The fourth-order valence-corrected chi connectivity index (χ4v) is 4.51. The number of rotatable bonds is 11. The van der Waals surface area contributed by atoms with Gasteiger partial charge in [-0.3, -0.25) is 4.79 Å². The molecule has 162 valence electrons. The van der Waals surface area contributed by atoms with Crippen LogP contribution in [0.4, 0.5) is 0 Å². The molecule has 1 saturated carbocycles. The van der Waals surface area contributed by atoms with Gasteiger partial charge in [-0.05, 0) is 74.3 Å². The van der Waals surface area contributed by atoms with E-state index < -0.39 is 12.1 Å². The highest BCUT2D eigenvalue weighted by molar-refractivity contribution is 6.21. The minimum absolute atomic E-state index is 0.0274. The molecule has 1 aliphatic rings. The van der Waals surface area contributed by atoms with Gasteiger partial charge in [0.25, 0.3) is 0 Å². The minimum atomic E-state index is -0.768. The van der Waals surface area contributed by atoms with Crippen molar-refractivity contribution in [1.29, 1.82) is 0 Å². The summed E-state index contributed by atoms with van der Waals surface area (Å²) in [6, 6.07) is 4.02. The van der Waals surface area contributed by atoms with Crippen LogP contribution in [0.3, 0.4) is 0 Å². The van der Waals surface area contributed by atoms with Crippen LogP contribution in [0, 0.1) is 25.7 Å². The standard InChI is InChI=1S/C23H33ClO5/c1-15-10-17(11-16(2)19(15)13-28-3)29-14-20-18(21(24)12-22(20)25)8-6-4-5-7-9-23(26)27/h4,6,10-11,18,20-22,25H,5,7-9,12-14H2,1-3H3,(H,26,27)/b6-4-/t18-,20?,21-,22?/m1/s1. The Morgan fingerprint density at radius 1 is 1.24 bits per heavy atom. The average molecular weight is 425 g/mol. The number of aliphatic hydroxyl groups excluding tert-OH is 1. The van der Waals surface area contributed by atoms with Gasteiger partial charge in [0.15, 0.2) is 0 Å². The normalized spacial score (nSPS) is 24.3. The lowest BCUT2D eigenvalue weighted by Gasteiger charge is -2.23. The largest absolute Gasteiger partial charge is 0.493 e. The van der Waals surface area contributed by atoms with Crippen LogP contribution in [0.5, 0.6) is 5.75 Å². The molecule has 0 aliphatic heterocycles. The first kappa shape index (κ1) is 23.7. The number of carboxylic acids is 1. The van der Waals surface area contributed by atoms with E-state index >= 15 is 0 Å². The molecule has 1 aliphatic carbocycles. The molecule has 0 spiro atoms. The number of benzene rings is 1. The number of halogens is 1. The molecule has 0 radical (unpaired) electrons. The molecule has 2 unspecified atom stereocenters. The van der Waals surface area contributed by atoms with E-state index in [-0.39, 0.29) is 23.6 Å². The Bertz CT molecular complexity index is 680. The fourth-order valence-electron chi connectivity index (χ4n) is 4.03. The molecule has 0 heterocycles. The highest BCUT2D eigenvalue weighted by Gasteiger charge is 2.41. The minimum Gasteiger partial charge on any atom is -0.493 e. The number of carbonyl (C=O) groups is 1. The van der Waals surface area contributed by atoms with E-state index in [1.807, 2.05) is 32.1 Å². The molecule has 0 amide bonds. The van der Waals surface area contributed by atoms with E-state index in [4.69, 9.17) is 26.2 Å². The van der Waals surface area contributed by atoms with Gasteiger partial charge >= 0.3 is 5.97 Å². The van der Waals surface area contributed by atoms with Crippen LogP contribution in [-0.4, -0.2) is 41.4 Å². The second-order valence-corrected chi connectivity index (χ2v) is 8.48. The third kappa shape index (κ3) is 7.02. The van der Waals surface area contributed by atoms with Gasteiger partial charge in [0, 0.05) is 24.8 Å². The number of methoxy groups -OCH3 is 1. The number of aliphatic carboxylic acids is 1. The number of allylic oxidation sites excluding steroid dienone is 2. The Morgan fingerprint density at radius 2 is 1.93 bits per heavy atom. The number of aliphatic hydroxyl groups is 1. The number of carboxylic acid groups (broad SMARTS) is 1. The smallest absolute Gasteiger partial charge is 0.303 e. The lowest BCUT2D eigenvalue weighted by molar-refractivity contribution is -0.137. The van der Waals surface area contributed by atoms with Crippen molar-refractivity contribution in [3.63, 3.8) is 0 Å². The Kier molecular flexibility index (Phi) is 9.47. The molecular formula is C23H33ClO5. The molecule has 1 aromatic rings. The van der Waals surface area contributed by atoms with Gasteiger partial charge in [-0.15, -0.1) is 11.6 Å². The topological polar surface area (TPSA) is 76.0 Å². The Balaban J connectivity index is 1.93. The third-order valence-electron chi connectivity index (χ3n) is 5.71. The van der Waals surface area contributed by atoms with Crippen molar-refractivity contribution in [2.24, 2.45) is 11.8 Å². The lowest BCUT2D eigenvalue weighted by Crippen LogP contribution is -2.27. The number of alkyl halides is 1. The molecule has 0 saturated heterocycles. The van der Waals surface area contributed by atoms with Crippen molar-refractivity contribution in [3.8, 4) is 5.75 Å². The van der Waals surface area contributed by atoms with E-state index in [9.17, 15) is 9.90 Å². The maximum absolute atomic E-state index is 10.6. The molecule has 2 rings (SSSR count). The van der Waals surface area contributed by atoms with Crippen molar-refractivity contribution in [2.45, 2.75) is 64.0 Å². The zero-order chi connectivity index (χ0) is 21.4. The molecule has 6 heteroatoms. The Morgan fingerprint density at radius 3 is 2.55 bits per heavy atom. The molecule has 1 aromatic carbocycles. The monoisotopic (exact) mass is 424 g/mol. The summed E-state index contributed by atoms with van der Waals surface area (Å²) < 4.78 is 11.3. The maximum atomic E-state index is 10.6. The predicted octanol–water partition coefficient (Wildman–Crippen LogP) is 4.63. The molecular weight excluding hydrogens is 392 g/mol. The average Bonchev–Trinajstić information content (AvgIpc) is 2.92. The van der Waals surface area contributed by atoms with Crippen LogP contribution in [-0.2, 0) is 16.1 Å². The molecule has 4 atom stereocenters. The Hall–Kier alpha value is -1.56. The lowest BCUT2D eigenvalue weighted by atomic mass is 9.92. The predicted molar refractivity (Wildman–Crippen MR) is 115 cm³/mol. The summed E-state index contributed by atoms with van der Waals surface area (Å²) in [6.45, 7) is 5.09. The SMILES string of the molecule is COCc1c(C)cc(OCC2C(O)C[C@@H](Cl)[C@@H]2C/C=C\CCCC(=O)O)cc1C. The van der Waals surface area contributed by atoms with Gasteiger partial charge in [-0.25, -0.2) is 0 Å². The first-order chi connectivity index (χ1) is 13.8. The first-order valence-electron chi connectivity index (χ1n) is 10.2. The van der Waals surface area contributed by atoms with Crippen LogP contribution in [0.25, 0.3) is 0 Å². The van der Waals surface area contributed by atoms with Crippen LogP contribution < -0.4 is 4.74 Å². The van der Waals surface area contributed by atoms with Gasteiger partial charge in [0.2, 0.25) is 0 Å². The zero-order valence-corrected chi connectivity index (χ0v) is 18.3. The summed E-state index contributed by atoms with van der Waals surface area (Å²) in [5.41, 5.74) is 3.43. The molecule has 5 nitrogen and oxygen atoms in total. The van der Waals surface area contributed by atoms with E-state index in [1.54, 1.807) is 7.11 Å². The van der Waals surface area contributed by atoms with Crippen LogP contribution in [0.1, 0.15) is 48.8 Å². The molecule has 2 N–H and O–H groups in total. The summed E-state index contributed by atoms with van der Waals surface area (Å²) in [7, 11) is 1.69.